The minimum absolute atomic E-state index is 0.121. The fraction of sp³-hybridized carbons (Fsp3) is 0.286. The van der Waals surface area contributed by atoms with Crippen LogP contribution in [0.5, 0.6) is 0 Å². The topological polar surface area (TPSA) is 106 Å². The average molecular weight is 428 g/mol. The summed E-state index contributed by atoms with van der Waals surface area (Å²) in [6.45, 7) is 5.76. The number of hydrogen-bond donors (Lipinski definition) is 2. The van der Waals surface area contributed by atoms with E-state index in [0.29, 0.717) is 12.1 Å². The minimum atomic E-state index is -3.82. The highest BCUT2D eigenvalue weighted by molar-refractivity contribution is 7.89. The second kappa shape index (κ2) is 9.19. The molecule has 2 aromatic carbocycles. The summed E-state index contributed by atoms with van der Waals surface area (Å²) in [7, 11) is -3.82. The fourth-order valence-corrected chi connectivity index (χ4v) is 4.13. The standard InChI is InChI=1S/C21H25N5O3S/c1-15(2)12-20(25-30(28,29)19-10-4-16(3)5-11-19)21(27)24-17-6-8-18(9-7-17)26-14-22-13-23-26/h4-11,13-15,20,25H,12H2,1-3H3,(H,24,27). The van der Waals surface area contributed by atoms with Crippen LogP contribution in [0.4, 0.5) is 5.69 Å². The summed E-state index contributed by atoms with van der Waals surface area (Å²) >= 11 is 0. The van der Waals surface area contributed by atoms with Crippen LogP contribution in [-0.2, 0) is 14.8 Å². The highest BCUT2D eigenvalue weighted by atomic mass is 32.2. The van der Waals surface area contributed by atoms with Gasteiger partial charge in [0.05, 0.1) is 10.6 Å². The van der Waals surface area contributed by atoms with Gasteiger partial charge < -0.3 is 5.32 Å². The van der Waals surface area contributed by atoms with E-state index in [2.05, 4.69) is 20.1 Å². The number of hydrogen-bond acceptors (Lipinski definition) is 5. The summed E-state index contributed by atoms with van der Waals surface area (Å²) in [6.07, 6.45) is 3.38. The van der Waals surface area contributed by atoms with Gasteiger partial charge in [0.15, 0.2) is 0 Å². The molecule has 1 aromatic heterocycles. The Labute approximate surface area is 176 Å². The number of anilines is 1. The fourth-order valence-electron chi connectivity index (χ4n) is 2.92. The molecule has 1 amide bonds. The minimum Gasteiger partial charge on any atom is -0.325 e. The van der Waals surface area contributed by atoms with Crippen LogP contribution < -0.4 is 10.0 Å². The third-order valence-corrected chi connectivity index (χ3v) is 5.96. The van der Waals surface area contributed by atoms with Crippen LogP contribution in [0.3, 0.4) is 0 Å². The van der Waals surface area contributed by atoms with Crippen molar-refractivity contribution in [1.29, 1.82) is 0 Å². The van der Waals surface area contributed by atoms with Gasteiger partial charge in [0, 0.05) is 5.69 Å². The first-order chi connectivity index (χ1) is 14.2. The zero-order valence-electron chi connectivity index (χ0n) is 17.1. The Balaban J connectivity index is 1.74. The van der Waals surface area contributed by atoms with E-state index < -0.39 is 22.0 Å². The van der Waals surface area contributed by atoms with Crippen molar-refractivity contribution in [3.05, 3.63) is 66.7 Å². The molecule has 8 nitrogen and oxygen atoms in total. The zero-order valence-corrected chi connectivity index (χ0v) is 17.9. The molecule has 3 rings (SSSR count). The lowest BCUT2D eigenvalue weighted by atomic mass is 10.0. The summed E-state index contributed by atoms with van der Waals surface area (Å²) in [5, 5.41) is 6.85. The number of benzene rings is 2. The van der Waals surface area contributed by atoms with Crippen molar-refractivity contribution in [2.45, 2.75) is 38.1 Å². The van der Waals surface area contributed by atoms with E-state index in [1.54, 1.807) is 47.4 Å². The zero-order chi connectivity index (χ0) is 21.7. The molecule has 2 N–H and O–H groups in total. The lowest BCUT2D eigenvalue weighted by Gasteiger charge is -2.20. The van der Waals surface area contributed by atoms with Crippen molar-refractivity contribution in [3.63, 3.8) is 0 Å². The highest BCUT2D eigenvalue weighted by Gasteiger charge is 2.26. The maximum atomic E-state index is 12.9. The average Bonchev–Trinajstić information content (AvgIpc) is 3.22. The molecule has 0 radical (unpaired) electrons. The molecule has 0 aliphatic carbocycles. The highest BCUT2D eigenvalue weighted by Crippen LogP contribution is 2.16. The number of sulfonamides is 1. The molecule has 9 heteroatoms. The second-order valence-electron chi connectivity index (χ2n) is 7.49. The van der Waals surface area contributed by atoms with Crippen LogP contribution in [-0.4, -0.2) is 35.1 Å². The van der Waals surface area contributed by atoms with Crippen LogP contribution in [0.15, 0.2) is 66.1 Å². The molecule has 3 aromatic rings. The van der Waals surface area contributed by atoms with E-state index in [0.717, 1.165) is 11.3 Å². The molecule has 30 heavy (non-hydrogen) atoms. The number of aromatic nitrogens is 3. The Bertz CT molecular complexity index is 1080. The number of amides is 1. The van der Waals surface area contributed by atoms with Gasteiger partial charge in [-0.3, -0.25) is 4.79 Å². The first kappa shape index (κ1) is 21.7. The predicted molar refractivity (Wildman–Crippen MR) is 115 cm³/mol. The Morgan fingerprint density at radius 2 is 1.73 bits per heavy atom. The molecule has 0 saturated heterocycles. The van der Waals surface area contributed by atoms with Gasteiger partial charge in [0.2, 0.25) is 15.9 Å². The summed E-state index contributed by atoms with van der Waals surface area (Å²) in [5.74, 6) is -0.288. The van der Waals surface area contributed by atoms with Crippen LogP contribution in [0, 0.1) is 12.8 Å². The molecule has 0 aliphatic rings. The second-order valence-corrected chi connectivity index (χ2v) is 9.21. The molecule has 1 heterocycles. The quantitative estimate of drug-likeness (QED) is 0.575. The molecule has 1 unspecified atom stereocenters. The summed E-state index contributed by atoms with van der Waals surface area (Å²) < 4.78 is 29.7. The lowest BCUT2D eigenvalue weighted by molar-refractivity contribution is -0.118. The lowest BCUT2D eigenvalue weighted by Crippen LogP contribution is -2.44. The Morgan fingerprint density at radius 1 is 1.07 bits per heavy atom. The molecular weight excluding hydrogens is 402 g/mol. The van der Waals surface area contributed by atoms with Gasteiger partial charge in [-0.1, -0.05) is 31.5 Å². The van der Waals surface area contributed by atoms with Crippen molar-refractivity contribution in [1.82, 2.24) is 19.5 Å². The van der Waals surface area contributed by atoms with Gasteiger partial charge in [-0.25, -0.2) is 18.1 Å². The molecule has 0 bridgehead atoms. The number of carbonyl (C=O) groups excluding carboxylic acids is 1. The van der Waals surface area contributed by atoms with Gasteiger partial charge >= 0.3 is 0 Å². The maximum absolute atomic E-state index is 12.9. The van der Waals surface area contributed by atoms with Gasteiger partial charge in [-0.05, 0) is 55.7 Å². The monoisotopic (exact) mass is 427 g/mol. The van der Waals surface area contributed by atoms with E-state index in [9.17, 15) is 13.2 Å². The normalized spacial score (nSPS) is 12.7. The number of rotatable bonds is 8. The van der Waals surface area contributed by atoms with Crippen LogP contribution in [0.1, 0.15) is 25.8 Å². The largest absolute Gasteiger partial charge is 0.325 e. The summed E-state index contributed by atoms with van der Waals surface area (Å²) in [4.78, 5) is 16.9. The third-order valence-electron chi connectivity index (χ3n) is 4.47. The van der Waals surface area contributed by atoms with E-state index in [1.807, 2.05) is 20.8 Å². The summed E-state index contributed by atoms with van der Waals surface area (Å²) in [5.41, 5.74) is 2.32. The van der Waals surface area contributed by atoms with Crippen molar-refractivity contribution in [3.8, 4) is 5.69 Å². The van der Waals surface area contributed by atoms with Crippen LogP contribution in [0.25, 0.3) is 5.69 Å². The van der Waals surface area contributed by atoms with Gasteiger partial charge in [-0.2, -0.15) is 9.82 Å². The Morgan fingerprint density at radius 3 is 2.30 bits per heavy atom. The Hall–Kier alpha value is -3.04. The van der Waals surface area contributed by atoms with Crippen molar-refractivity contribution in [2.75, 3.05) is 5.32 Å². The number of nitrogens with one attached hydrogen (secondary N) is 2. The van der Waals surface area contributed by atoms with Crippen LogP contribution in [0.2, 0.25) is 0 Å². The van der Waals surface area contributed by atoms with Crippen molar-refractivity contribution in [2.24, 2.45) is 5.92 Å². The number of carbonyl (C=O) groups is 1. The molecule has 0 saturated carbocycles. The Kier molecular flexibility index (Phi) is 6.63. The van der Waals surface area contributed by atoms with E-state index in [1.165, 1.54) is 18.5 Å². The van der Waals surface area contributed by atoms with E-state index in [-0.39, 0.29) is 10.8 Å². The maximum Gasteiger partial charge on any atom is 0.242 e. The van der Waals surface area contributed by atoms with Gasteiger partial charge in [-0.15, -0.1) is 0 Å². The number of aryl methyl sites for hydroxylation is 1. The van der Waals surface area contributed by atoms with Gasteiger partial charge in [0.25, 0.3) is 0 Å². The first-order valence-electron chi connectivity index (χ1n) is 9.59. The predicted octanol–water partition coefficient (Wildman–Crippen LogP) is 2.91. The van der Waals surface area contributed by atoms with Crippen molar-refractivity contribution < 1.29 is 13.2 Å². The molecular formula is C21H25N5O3S. The molecule has 1 atom stereocenters. The summed E-state index contributed by atoms with van der Waals surface area (Å²) in [6, 6.07) is 12.7. The first-order valence-corrected chi connectivity index (χ1v) is 11.1. The SMILES string of the molecule is Cc1ccc(S(=O)(=O)NC(CC(C)C)C(=O)Nc2ccc(-n3cncn3)cc2)cc1. The van der Waals surface area contributed by atoms with E-state index >= 15 is 0 Å². The smallest absolute Gasteiger partial charge is 0.242 e. The molecule has 0 aliphatic heterocycles. The molecule has 0 fully saturated rings. The third kappa shape index (κ3) is 5.52. The van der Waals surface area contributed by atoms with Crippen molar-refractivity contribution >= 4 is 21.6 Å². The van der Waals surface area contributed by atoms with Crippen LogP contribution >= 0.6 is 0 Å². The number of nitrogens with zero attached hydrogens (tertiary/aromatic N) is 3. The molecule has 158 valence electrons. The van der Waals surface area contributed by atoms with E-state index in [4.69, 9.17) is 0 Å². The van der Waals surface area contributed by atoms with Gasteiger partial charge in [0.1, 0.15) is 18.7 Å². The molecule has 0 spiro atoms.